The molecular formula is C20H19ClFN3O4S. The Morgan fingerprint density at radius 2 is 1.90 bits per heavy atom. The second kappa shape index (κ2) is 9.38. The molecule has 3 aromatic rings. The molecule has 0 spiro atoms. The molecule has 0 saturated carbocycles. The second-order valence-corrected chi connectivity index (χ2v) is 8.77. The molecule has 0 fully saturated rings. The lowest BCUT2D eigenvalue weighted by Crippen LogP contribution is -2.34. The molecular weight excluding hydrogens is 433 g/mol. The Hall–Kier alpha value is -2.75. The number of carbonyl (C=O) groups excluding carboxylic acids is 1. The number of nitrogens with one attached hydrogen (secondary N) is 2. The van der Waals surface area contributed by atoms with Crippen LogP contribution in [0.4, 0.5) is 4.39 Å². The molecule has 0 radical (unpaired) electrons. The summed E-state index contributed by atoms with van der Waals surface area (Å²) in [5.41, 5.74) is 0.713. The number of benzene rings is 2. The van der Waals surface area contributed by atoms with Crippen molar-refractivity contribution in [1.82, 2.24) is 15.2 Å². The molecule has 2 aromatic carbocycles. The number of hydrogen-bond acceptors (Lipinski definition) is 5. The van der Waals surface area contributed by atoms with Crippen molar-refractivity contribution in [2.75, 3.05) is 12.3 Å². The van der Waals surface area contributed by atoms with E-state index < -0.39 is 21.7 Å². The van der Waals surface area contributed by atoms with E-state index in [0.717, 1.165) is 5.56 Å². The SMILES string of the molecule is Cc1onc(-c2c(F)cccc2Cl)c1C(=O)NCCS(=O)(=O)NCc1ccccc1. The molecule has 0 bridgehead atoms. The maximum absolute atomic E-state index is 14.2. The molecule has 0 aliphatic carbocycles. The first-order valence-electron chi connectivity index (χ1n) is 8.98. The second-order valence-electron chi connectivity index (χ2n) is 6.44. The van der Waals surface area contributed by atoms with Crippen LogP contribution in [0.3, 0.4) is 0 Å². The van der Waals surface area contributed by atoms with Gasteiger partial charge in [0.05, 0.1) is 16.3 Å². The number of rotatable bonds is 8. The summed E-state index contributed by atoms with van der Waals surface area (Å²) in [5.74, 6) is -1.46. The van der Waals surface area contributed by atoms with Crippen LogP contribution in [0.1, 0.15) is 21.7 Å². The van der Waals surface area contributed by atoms with Gasteiger partial charge in [-0.2, -0.15) is 0 Å². The molecule has 3 rings (SSSR count). The van der Waals surface area contributed by atoms with Gasteiger partial charge in [-0.15, -0.1) is 0 Å². The highest BCUT2D eigenvalue weighted by Crippen LogP contribution is 2.33. The van der Waals surface area contributed by atoms with Crippen molar-refractivity contribution in [3.05, 3.63) is 76.3 Å². The predicted octanol–water partition coefficient (Wildman–Crippen LogP) is 3.29. The van der Waals surface area contributed by atoms with Crippen LogP contribution in [0.25, 0.3) is 11.3 Å². The molecule has 0 atom stereocenters. The third kappa shape index (κ3) is 5.24. The van der Waals surface area contributed by atoms with Gasteiger partial charge in [0, 0.05) is 13.1 Å². The summed E-state index contributed by atoms with van der Waals surface area (Å²) in [5, 5.41) is 6.34. The van der Waals surface area contributed by atoms with Crippen molar-refractivity contribution in [3.63, 3.8) is 0 Å². The summed E-state index contributed by atoms with van der Waals surface area (Å²) < 4.78 is 46.1. The maximum atomic E-state index is 14.2. The van der Waals surface area contributed by atoms with Crippen LogP contribution in [0, 0.1) is 12.7 Å². The van der Waals surface area contributed by atoms with Gasteiger partial charge in [-0.25, -0.2) is 17.5 Å². The standard InChI is InChI=1S/C20H19ClFN3O4S/c1-13-17(19(25-29-13)18-15(21)8-5-9-16(18)22)20(26)23-10-11-30(27,28)24-12-14-6-3-2-4-7-14/h2-9,24H,10-12H2,1H3,(H,23,26). The summed E-state index contributed by atoms with van der Waals surface area (Å²) in [4.78, 5) is 12.6. The molecule has 1 amide bonds. The summed E-state index contributed by atoms with van der Waals surface area (Å²) >= 11 is 6.06. The van der Waals surface area contributed by atoms with E-state index in [9.17, 15) is 17.6 Å². The van der Waals surface area contributed by atoms with Gasteiger partial charge in [0.15, 0.2) is 0 Å². The van der Waals surface area contributed by atoms with E-state index in [1.165, 1.54) is 25.1 Å². The largest absolute Gasteiger partial charge is 0.360 e. The van der Waals surface area contributed by atoms with Gasteiger partial charge in [0.1, 0.15) is 22.8 Å². The minimum absolute atomic E-state index is 0.00311. The zero-order valence-corrected chi connectivity index (χ0v) is 17.6. The van der Waals surface area contributed by atoms with Gasteiger partial charge in [-0.3, -0.25) is 4.79 Å². The highest BCUT2D eigenvalue weighted by Gasteiger charge is 2.25. The molecule has 0 saturated heterocycles. The Kier molecular flexibility index (Phi) is 6.86. The van der Waals surface area contributed by atoms with Crippen molar-refractivity contribution >= 4 is 27.5 Å². The quantitative estimate of drug-likeness (QED) is 0.547. The summed E-state index contributed by atoms with van der Waals surface area (Å²) in [7, 11) is -3.61. The number of aryl methyl sites for hydroxylation is 1. The number of amides is 1. The number of hydrogen-bond donors (Lipinski definition) is 2. The van der Waals surface area contributed by atoms with Crippen molar-refractivity contribution in [2.45, 2.75) is 13.5 Å². The Bertz CT molecular complexity index is 1130. The van der Waals surface area contributed by atoms with Crippen LogP contribution in [-0.2, 0) is 16.6 Å². The summed E-state index contributed by atoms with van der Waals surface area (Å²) in [6, 6.07) is 13.1. The molecule has 7 nitrogen and oxygen atoms in total. The molecule has 2 N–H and O–H groups in total. The van der Waals surface area contributed by atoms with E-state index in [0.29, 0.717) is 0 Å². The van der Waals surface area contributed by atoms with Crippen LogP contribution in [0.15, 0.2) is 53.1 Å². The van der Waals surface area contributed by atoms with E-state index in [1.807, 2.05) is 18.2 Å². The Labute approximate surface area is 178 Å². The zero-order chi connectivity index (χ0) is 21.7. The molecule has 1 heterocycles. The van der Waals surface area contributed by atoms with E-state index in [-0.39, 0.29) is 46.4 Å². The van der Waals surface area contributed by atoms with Gasteiger partial charge in [-0.1, -0.05) is 53.2 Å². The number of aromatic nitrogens is 1. The molecule has 0 aliphatic rings. The van der Waals surface area contributed by atoms with Gasteiger partial charge in [-0.05, 0) is 24.6 Å². The first-order chi connectivity index (χ1) is 14.3. The summed E-state index contributed by atoms with van der Waals surface area (Å²) in [6.45, 7) is 1.49. The summed E-state index contributed by atoms with van der Waals surface area (Å²) in [6.07, 6.45) is 0. The molecule has 0 aliphatic heterocycles. The van der Waals surface area contributed by atoms with Crippen molar-refractivity contribution < 1.29 is 22.1 Å². The fourth-order valence-electron chi connectivity index (χ4n) is 2.78. The Morgan fingerprint density at radius 3 is 2.60 bits per heavy atom. The minimum Gasteiger partial charge on any atom is -0.360 e. The van der Waals surface area contributed by atoms with Crippen molar-refractivity contribution in [2.24, 2.45) is 0 Å². The van der Waals surface area contributed by atoms with E-state index in [4.69, 9.17) is 16.1 Å². The molecule has 0 unspecified atom stereocenters. The number of carbonyl (C=O) groups is 1. The first-order valence-corrected chi connectivity index (χ1v) is 11.0. The van der Waals surface area contributed by atoms with Crippen molar-refractivity contribution in [3.8, 4) is 11.3 Å². The van der Waals surface area contributed by atoms with Crippen LogP contribution in [0.5, 0.6) is 0 Å². The molecule has 30 heavy (non-hydrogen) atoms. The zero-order valence-electron chi connectivity index (χ0n) is 16.0. The topological polar surface area (TPSA) is 101 Å². The van der Waals surface area contributed by atoms with Crippen LogP contribution in [0.2, 0.25) is 5.02 Å². The van der Waals surface area contributed by atoms with E-state index in [2.05, 4.69) is 15.2 Å². The average molecular weight is 452 g/mol. The fraction of sp³-hybridized carbons (Fsp3) is 0.200. The lowest BCUT2D eigenvalue weighted by molar-refractivity contribution is 0.0955. The van der Waals surface area contributed by atoms with E-state index >= 15 is 0 Å². The van der Waals surface area contributed by atoms with Gasteiger partial charge in [0.2, 0.25) is 10.0 Å². The predicted molar refractivity (Wildman–Crippen MR) is 111 cm³/mol. The minimum atomic E-state index is -3.61. The maximum Gasteiger partial charge on any atom is 0.257 e. The van der Waals surface area contributed by atoms with Crippen LogP contribution >= 0.6 is 11.6 Å². The molecule has 1 aromatic heterocycles. The Morgan fingerprint density at radius 1 is 1.17 bits per heavy atom. The Balaban J connectivity index is 1.65. The normalized spacial score (nSPS) is 11.4. The van der Waals surface area contributed by atoms with Gasteiger partial charge in [0.25, 0.3) is 5.91 Å². The van der Waals surface area contributed by atoms with E-state index in [1.54, 1.807) is 12.1 Å². The lowest BCUT2D eigenvalue weighted by atomic mass is 10.0. The highest BCUT2D eigenvalue weighted by molar-refractivity contribution is 7.89. The highest BCUT2D eigenvalue weighted by atomic mass is 35.5. The van der Waals surface area contributed by atoms with Crippen molar-refractivity contribution in [1.29, 1.82) is 0 Å². The van der Waals surface area contributed by atoms with Gasteiger partial charge >= 0.3 is 0 Å². The number of sulfonamides is 1. The molecule has 10 heteroatoms. The third-order valence-electron chi connectivity index (χ3n) is 4.28. The molecule has 158 valence electrons. The van der Waals surface area contributed by atoms with Gasteiger partial charge < -0.3 is 9.84 Å². The lowest BCUT2D eigenvalue weighted by Gasteiger charge is -2.09. The number of nitrogens with zero attached hydrogens (tertiary/aromatic N) is 1. The average Bonchev–Trinajstić information content (AvgIpc) is 3.08. The fourth-order valence-corrected chi connectivity index (χ4v) is 3.94. The third-order valence-corrected chi connectivity index (χ3v) is 5.93. The first kappa shape index (κ1) is 21.9. The smallest absolute Gasteiger partial charge is 0.257 e. The van der Waals surface area contributed by atoms with Crippen LogP contribution < -0.4 is 10.0 Å². The van der Waals surface area contributed by atoms with Crippen LogP contribution in [-0.4, -0.2) is 31.8 Å². The monoisotopic (exact) mass is 451 g/mol. The number of halogens is 2.